The molecule has 0 aliphatic heterocycles. The first-order valence-corrected chi connectivity index (χ1v) is 6.38. The summed E-state index contributed by atoms with van der Waals surface area (Å²) in [5.74, 6) is 0.969. The molecule has 0 fully saturated rings. The lowest BCUT2D eigenvalue weighted by Gasteiger charge is -2.12. The average Bonchev–Trinajstić information content (AvgIpc) is 2.54. The van der Waals surface area contributed by atoms with Gasteiger partial charge in [-0.3, -0.25) is 20.2 Å². The van der Waals surface area contributed by atoms with E-state index in [1.807, 2.05) is 0 Å². The smallest absolute Gasteiger partial charge is 0.299 e. The Balaban J connectivity index is 2.47. The predicted molar refractivity (Wildman–Crippen MR) is 82.6 cm³/mol. The van der Waals surface area contributed by atoms with Crippen molar-refractivity contribution in [2.75, 3.05) is 19.5 Å². The van der Waals surface area contributed by atoms with Crippen LogP contribution in [-0.2, 0) is 0 Å². The van der Waals surface area contributed by atoms with Gasteiger partial charge in [-0.2, -0.15) is 0 Å². The maximum absolute atomic E-state index is 11.2. The summed E-state index contributed by atoms with van der Waals surface area (Å²) in [6, 6.07) is 8.27. The van der Waals surface area contributed by atoms with E-state index in [9.17, 15) is 20.2 Å². The van der Waals surface area contributed by atoms with Gasteiger partial charge in [0.05, 0.1) is 35.8 Å². The quantitative estimate of drug-likeness (QED) is 0.641. The van der Waals surface area contributed by atoms with Gasteiger partial charge in [-0.15, -0.1) is 0 Å². The number of hydrogen-bond acceptors (Lipinski definition) is 7. The standard InChI is InChI=1S/C14H13N3O6/c1-22-10-4-6-14(23-2)12(8-10)15-11-5-3-9(16(18)19)7-13(11)17(20)21/h3-8,15H,1-2H3. The van der Waals surface area contributed by atoms with Gasteiger partial charge < -0.3 is 14.8 Å². The summed E-state index contributed by atoms with van der Waals surface area (Å²) in [4.78, 5) is 20.5. The molecule has 9 nitrogen and oxygen atoms in total. The molecule has 0 bridgehead atoms. The molecule has 0 spiro atoms. The second kappa shape index (κ2) is 6.60. The molecule has 0 aliphatic carbocycles. The summed E-state index contributed by atoms with van der Waals surface area (Å²) in [7, 11) is 2.94. The Morgan fingerprint density at radius 2 is 1.65 bits per heavy atom. The van der Waals surface area contributed by atoms with E-state index < -0.39 is 15.5 Å². The third kappa shape index (κ3) is 3.46. The van der Waals surface area contributed by atoms with E-state index in [0.717, 1.165) is 6.07 Å². The fourth-order valence-corrected chi connectivity index (χ4v) is 1.95. The van der Waals surface area contributed by atoms with Crippen LogP contribution in [0.5, 0.6) is 11.5 Å². The van der Waals surface area contributed by atoms with Crippen LogP contribution in [0.25, 0.3) is 0 Å². The Hall–Kier alpha value is -3.36. The van der Waals surface area contributed by atoms with Crippen LogP contribution in [0.1, 0.15) is 0 Å². The second-order valence-electron chi connectivity index (χ2n) is 4.41. The molecule has 120 valence electrons. The van der Waals surface area contributed by atoms with Crippen LogP contribution in [0.15, 0.2) is 36.4 Å². The number of nitrogens with zero attached hydrogens (tertiary/aromatic N) is 2. The number of non-ortho nitro benzene ring substituents is 1. The van der Waals surface area contributed by atoms with Gasteiger partial charge >= 0.3 is 0 Å². The Kier molecular flexibility index (Phi) is 4.60. The van der Waals surface area contributed by atoms with Gasteiger partial charge in [-0.25, -0.2) is 0 Å². The summed E-state index contributed by atoms with van der Waals surface area (Å²) >= 11 is 0. The van der Waals surface area contributed by atoms with Crippen LogP contribution < -0.4 is 14.8 Å². The average molecular weight is 319 g/mol. The highest BCUT2D eigenvalue weighted by molar-refractivity contribution is 5.75. The number of hydrogen-bond donors (Lipinski definition) is 1. The first-order valence-electron chi connectivity index (χ1n) is 6.38. The van der Waals surface area contributed by atoms with Crippen molar-refractivity contribution < 1.29 is 19.3 Å². The molecule has 1 N–H and O–H groups in total. The number of nitro groups is 2. The van der Waals surface area contributed by atoms with Crippen LogP contribution >= 0.6 is 0 Å². The van der Waals surface area contributed by atoms with Crippen molar-refractivity contribution in [1.29, 1.82) is 0 Å². The van der Waals surface area contributed by atoms with Gasteiger partial charge in [0.25, 0.3) is 11.4 Å². The Morgan fingerprint density at radius 1 is 0.913 bits per heavy atom. The normalized spacial score (nSPS) is 10.0. The maximum Gasteiger partial charge on any atom is 0.299 e. The lowest BCUT2D eigenvalue weighted by molar-refractivity contribution is -0.393. The molecule has 0 radical (unpaired) electrons. The minimum absolute atomic E-state index is 0.104. The van der Waals surface area contributed by atoms with Gasteiger partial charge in [0, 0.05) is 12.1 Å². The molecular formula is C14H13N3O6. The summed E-state index contributed by atoms with van der Waals surface area (Å²) in [6.07, 6.45) is 0. The number of anilines is 2. The molecule has 9 heteroatoms. The zero-order chi connectivity index (χ0) is 17.0. The van der Waals surface area contributed by atoms with Crippen LogP contribution in [-0.4, -0.2) is 24.1 Å². The zero-order valence-corrected chi connectivity index (χ0v) is 12.3. The van der Waals surface area contributed by atoms with Crippen LogP contribution in [0, 0.1) is 20.2 Å². The highest BCUT2D eigenvalue weighted by atomic mass is 16.6. The molecule has 0 saturated carbocycles. The Bertz CT molecular complexity index is 762. The molecule has 0 aromatic heterocycles. The molecule has 2 aromatic carbocycles. The molecule has 23 heavy (non-hydrogen) atoms. The monoisotopic (exact) mass is 319 g/mol. The number of nitro benzene ring substituents is 2. The van der Waals surface area contributed by atoms with Gasteiger partial charge in [0.2, 0.25) is 0 Å². The second-order valence-corrected chi connectivity index (χ2v) is 4.41. The largest absolute Gasteiger partial charge is 0.497 e. The topological polar surface area (TPSA) is 117 Å². The van der Waals surface area contributed by atoms with Crippen molar-refractivity contribution >= 4 is 22.7 Å². The van der Waals surface area contributed by atoms with Crippen LogP contribution in [0.4, 0.5) is 22.7 Å². The molecule has 0 unspecified atom stereocenters. The lowest BCUT2D eigenvalue weighted by Crippen LogP contribution is -2.00. The van der Waals surface area contributed by atoms with E-state index >= 15 is 0 Å². The van der Waals surface area contributed by atoms with E-state index in [0.29, 0.717) is 17.2 Å². The van der Waals surface area contributed by atoms with Crippen molar-refractivity contribution in [1.82, 2.24) is 0 Å². The highest BCUT2D eigenvalue weighted by Gasteiger charge is 2.20. The minimum atomic E-state index is -0.692. The first-order chi connectivity index (χ1) is 11.0. The van der Waals surface area contributed by atoms with Gasteiger partial charge in [-0.05, 0) is 18.2 Å². The number of rotatable bonds is 6. The zero-order valence-electron chi connectivity index (χ0n) is 12.3. The fraction of sp³-hybridized carbons (Fsp3) is 0.143. The molecular weight excluding hydrogens is 306 g/mol. The van der Waals surface area contributed by atoms with E-state index in [4.69, 9.17) is 9.47 Å². The van der Waals surface area contributed by atoms with E-state index in [1.165, 1.54) is 26.4 Å². The molecule has 2 rings (SSSR count). The van der Waals surface area contributed by atoms with Crippen molar-refractivity contribution in [3.63, 3.8) is 0 Å². The number of ether oxygens (including phenoxy) is 2. The van der Waals surface area contributed by atoms with Gasteiger partial charge in [0.15, 0.2) is 0 Å². The molecule has 0 atom stereocenters. The molecule has 0 saturated heterocycles. The minimum Gasteiger partial charge on any atom is -0.497 e. The van der Waals surface area contributed by atoms with Crippen molar-refractivity contribution in [3.8, 4) is 11.5 Å². The third-order valence-corrected chi connectivity index (χ3v) is 3.06. The predicted octanol–water partition coefficient (Wildman–Crippen LogP) is 3.26. The van der Waals surface area contributed by atoms with Crippen LogP contribution in [0.3, 0.4) is 0 Å². The SMILES string of the molecule is COc1ccc(OC)c(Nc2ccc([N+](=O)[O-])cc2[N+](=O)[O-])c1. The third-order valence-electron chi connectivity index (χ3n) is 3.06. The molecule has 0 amide bonds. The Morgan fingerprint density at radius 3 is 2.22 bits per heavy atom. The van der Waals surface area contributed by atoms with Gasteiger partial charge in [-0.1, -0.05) is 0 Å². The maximum atomic E-state index is 11.2. The summed E-state index contributed by atoms with van der Waals surface area (Å²) in [6.45, 7) is 0. The highest BCUT2D eigenvalue weighted by Crippen LogP contribution is 2.36. The molecule has 0 heterocycles. The van der Waals surface area contributed by atoms with E-state index in [-0.39, 0.29) is 11.4 Å². The van der Waals surface area contributed by atoms with Crippen LogP contribution in [0.2, 0.25) is 0 Å². The molecule has 2 aromatic rings. The van der Waals surface area contributed by atoms with E-state index in [2.05, 4.69) is 5.32 Å². The summed E-state index contributed by atoms with van der Waals surface area (Å²) in [5.41, 5.74) is -0.236. The number of nitrogens with one attached hydrogen (secondary N) is 1. The molecule has 0 aliphatic rings. The van der Waals surface area contributed by atoms with E-state index in [1.54, 1.807) is 18.2 Å². The number of benzene rings is 2. The van der Waals surface area contributed by atoms with Crippen molar-refractivity contribution in [2.24, 2.45) is 0 Å². The first kappa shape index (κ1) is 16.0. The van der Waals surface area contributed by atoms with Crippen molar-refractivity contribution in [2.45, 2.75) is 0 Å². The Labute approximate surface area is 130 Å². The lowest BCUT2D eigenvalue weighted by atomic mass is 10.2. The number of methoxy groups -OCH3 is 2. The van der Waals surface area contributed by atoms with Crippen molar-refractivity contribution in [3.05, 3.63) is 56.6 Å². The summed E-state index contributed by atoms with van der Waals surface area (Å²) < 4.78 is 10.3. The summed E-state index contributed by atoms with van der Waals surface area (Å²) in [5, 5.41) is 24.8. The fourth-order valence-electron chi connectivity index (χ4n) is 1.95. The van der Waals surface area contributed by atoms with Gasteiger partial charge in [0.1, 0.15) is 17.2 Å².